The first kappa shape index (κ1) is 16.7. The van der Waals surface area contributed by atoms with Gasteiger partial charge < -0.3 is 15.3 Å². The van der Waals surface area contributed by atoms with E-state index in [1.165, 1.54) is 18.2 Å². The van der Waals surface area contributed by atoms with E-state index >= 15 is 0 Å². The van der Waals surface area contributed by atoms with Gasteiger partial charge in [-0.1, -0.05) is 6.07 Å². The maximum atomic E-state index is 13.5. The second-order valence-electron chi connectivity index (χ2n) is 5.54. The average Bonchev–Trinajstić information content (AvgIpc) is 2.51. The van der Waals surface area contributed by atoms with Crippen molar-refractivity contribution >= 4 is 6.03 Å². The first-order valence-corrected chi connectivity index (χ1v) is 7.71. The zero-order valence-corrected chi connectivity index (χ0v) is 12.5. The molecule has 122 valence electrons. The summed E-state index contributed by atoms with van der Waals surface area (Å²) in [5.41, 5.74) is -0.00616. The van der Waals surface area contributed by atoms with Crippen LogP contribution in [-0.2, 0) is 6.42 Å². The molecule has 2 N–H and O–H groups in total. The number of nitrogens with zero attached hydrogens (tertiary/aromatic N) is 1. The molecule has 1 atom stereocenters. The van der Waals surface area contributed by atoms with Gasteiger partial charge >= 0.3 is 6.03 Å². The van der Waals surface area contributed by atoms with E-state index < -0.39 is 11.6 Å². The van der Waals surface area contributed by atoms with E-state index in [0.29, 0.717) is 13.0 Å². The predicted molar refractivity (Wildman–Crippen MR) is 79.5 cm³/mol. The average molecular weight is 312 g/mol. The van der Waals surface area contributed by atoms with Crippen molar-refractivity contribution in [3.05, 3.63) is 35.4 Å². The highest BCUT2D eigenvalue weighted by atomic mass is 19.1. The molecule has 0 aliphatic carbocycles. The SMILES string of the molecule is O=C(NCCc1c(F)cccc1F)N1CCCCC1CCO. The molecule has 0 aromatic heterocycles. The molecule has 1 aliphatic heterocycles. The van der Waals surface area contributed by atoms with E-state index in [4.69, 9.17) is 5.11 Å². The van der Waals surface area contributed by atoms with Crippen LogP contribution in [0.1, 0.15) is 31.2 Å². The van der Waals surface area contributed by atoms with E-state index in [9.17, 15) is 13.6 Å². The number of carbonyl (C=O) groups excluding carboxylic acids is 1. The molecule has 1 aromatic carbocycles. The Labute approximate surface area is 129 Å². The van der Waals surface area contributed by atoms with Gasteiger partial charge in [0.1, 0.15) is 11.6 Å². The quantitative estimate of drug-likeness (QED) is 0.877. The molecule has 2 amide bonds. The normalized spacial score (nSPS) is 18.3. The lowest BCUT2D eigenvalue weighted by Crippen LogP contribution is -2.49. The number of hydrogen-bond donors (Lipinski definition) is 2. The Balaban J connectivity index is 1.86. The van der Waals surface area contributed by atoms with Crippen LogP contribution in [0.3, 0.4) is 0 Å². The van der Waals surface area contributed by atoms with E-state index in [1.54, 1.807) is 4.90 Å². The Kier molecular flexibility index (Phi) is 6.12. The van der Waals surface area contributed by atoms with Crippen LogP contribution in [-0.4, -0.2) is 41.8 Å². The molecule has 0 radical (unpaired) electrons. The molecule has 1 unspecified atom stereocenters. The summed E-state index contributed by atoms with van der Waals surface area (Å²) in [6, 6.07) is 3.56. The van der Waals surface area contributed by atoms with Crippen LogP contribution in [0.15, 0.2) is 18.2 Å². The first-order valence-electron chi connectivity index (χ1n) is 7.71. The molecule has 6 heteroatoms. The summed E-state index contributed by atoms with van der Waals surface area (Å²) in [5.74, 6) is -1.18. The highest BCUT2D eigenvalue weighted by molar-refractivity contribution is 5.74. The molecule has 4 nitrogen and oxygen atoms in total. The van der Waals surface area contributed by atoms with Gasteiger partial charge in [0.2, 0.25) is 0 Å². The van der Waals surface area contributed by atoms with Crippen LogP contribution in [0, 0.1) is 11.6 Å². The van der Waals surface area contributed by atoms with Crippen LogP contribution in [0.5, 0.6) is 0 Å². The summed E-state index contributed by atoms with van der Waals surface area (Å²) in [5, 5.41) is 11.8. The number of nitrogens with one attached hydrogen (secondary N) is 1. The molecule has 0 bridgehead atoms. The minimum Gasteiger partial charge on any atom is -0.396 e. The van der Waals surface area contributed by atoms with Crippen molar-refractivity contribution in [2.24, 2.45) is 0 Å². The Morgan fingerprint density at radius 1 is 1.32 bits per heavy atom. The molecule has 1 aromatic rings. The lowest BCUT2D eigenvalue weighted by atomic mass is 10.0. The summed E-state index contributed by atoms with van der Waals surface area (Å²) in [6.07, 6.45) is 3.56. The van der Waals surface area contributed by atoms with Crippen molar-refractivity contribution in [3.63, 3.8) is 0 Å². The van der Waals surface area contributed by atoms with E-state index in [1.807, 2.05) is 0 Å². The third-order valence-corrected chi connectivity index (χ3v) is 4.06. The van der Waals surface area contributed by atoms with Crippen LogP contribution >= 0.6 is 0 Å². The number of halogens is 2. The molecule has 1 aliphatic rings. The third-order valence-electron chi connectivity index (χ3n) is 4.06. The Bertz CT molecular complexity index is 489. The molecular formula is C16H22F2N2O2. The molecule has 1 heterocycles. The zero-order chi connectivity index (χ0) is 15.9. The Morgan fingerprint density at radius 3 is 2.73 bits per heavy atom. The molecule has 2 rings (SSSR count). The fourth-order valence-corrected chi connectivity index (χ4v) is 2.88. The van der Waals surface area contributed by atoms with Gasteiger partial charge in [-0.15, -0.1) is 0 Å². The minimum absolute atomic E-state index is 0.00616. The number of piperidine rings is 1. The van der Waals surface area contributed by atoms with Gasteiger partial charge in [-0.2, -0.15) is 0 Å². The maximum Gasteiger partial charge on any atom is 0.317 e. The monoisotopic (exact) mass is 312 g/mol. The number of hydrogen-bond acceptors (Lipinski definition) is 2. The first-order chi connectivity index (χ1) is 10.6. The highest BCUT2D eigenvalue weighted by Crippen LogP contribution is 2.19. The molecule has 0 saturated carbocycles. The molecular weight excluding hydrogens is 290 g/mol. The summed E-state index contributed by atoms with van der Waals surface area (Å²) < 4.78 is 27.0. The van der Waals surface area contributed by atoms with E-state index in [2.05, 4.69) is 5.32 Å². The van der Waals surface area contributed by atoms with Crippen molar-refractivity contribution in [2.75, 3.05) is 19.7 Å². The fraction of sp³-hybridized carbons (Fsp3) is 0.562. The van der Waals surface area contributed by atoms with Crippen LogP contribution in [0.2, 0.25) is 0 Å². The van der Waals surface area contributed by atoms with Gasteiger partial charge in [-0.3, -0.25) is 0 Å². The highest BCUT2D eigenvalue weighted by Gasteiger charge is 2.25. The predicted octanol–water partition coefficient (Wildman–Crippen LogP) is 2.45. The van der Waals surface area contributed by atoms with Crippen molar-refractivity contribution in [3.8, 4) is 0 Å². The van der Waals surface area contributed by atoms with Gasteiger partial charge in [0.25, 0.3) is 0 Å². The van der Waals surface area contributed by atoms with Gasteiger partial charge in [-0.25, -0.2) is 13.6 Å². The number of aliphatic hydroxyl groups excluding tert-OH is 1. The lowest BCUT2D eigenvalue weighted by Gasteiger charge is -2.35. The van der Waals surface area contributed by atoms with Crippen molar-refractivity contribution in [1.82, 2.24) is 10.2 Å². The summed E-state index contributed by atoms with van der Waals surface area (Å²) in [6.45, 7) is 0.887. The molecule has 1 fully saturated rings. The van der Waals surface area contributed by atoms with Gasteiger partial charge in [0, 0.05) is 31.3 Å². The second kappa shape index (κ2) is 8.08. The zero-order valence-electron chi connectivity index (χ0n) is 12.5. The number of rotatable bonds is 5. The standard InChI is InChI=1S/C16H22F2N2O2/c17-14-5-3-6-15(18)13(14)7-9-19-16(22)20-10-2-1-4-12(20)8-11-21/h3,5-6,12,21H,1-2,4,7-11H2,(H,19,22). The molecule has 1 saturated heterocycles. The van der Waals surface area contributed by atoms with Gasteiger partial charge in [0.15, 0.2) is 0 Å². The third kappa shape index (κ3) is 4.16. The van der Waals surface area contributed by atoms with Crippen LogP contribution in [0.4, 0.5) is 13.6 Å². The van der Waals surface area contributed by atoms with Crippen LogP contribution < -0.4 is 5.32 Å². The van der Waals surface area contributed by atoms with Crippen molar-refractivity contribution in [2.45, 2.75) is 38.1 Å². The smallest absolute Gasteiger partial charge is 0.317 e. The fourth-order valence-electron chi connectivity index (χ4n) is 2.88. The second-order valence-corrected chi connectivity index (χ2v) is 5.54. The number of aliphatic hydroxyl groups is 1. The van der Waals surface area contributed by atoms with Crippen LogP contribution in [0.25, 0.3) is 0 Å². The van der Waals surface area contributed by atoms with E-state index in [0.717, 1.165) is 19.3 Å². The number of urea groups is 1. The van der Waals surface area contributed by atoms with Gasteiger partial charge in [0.05, 0.1) is 0 Å². The number of benzene rings is 1. The van der Waals surface area contributed by atoms with E-state index in [-0.39, 0.29) is 37.2 Å². The van der Waals surface area contributed by atoms with Gasteiger partial charge in [-0.05, 0) is 44.2 Å². The lowest BCUT2D eigenvalue weighted by molar-refractivity contribution is 0.132. The van der Waals surface area contributed by atoms with Crippen molar-refractivity contribution < 1.29 is 18.7 Å². The number of carbonyl (C=O) groups is 1. The minimum atomic E-state index is -0.592. The Hall–Kier alpha value is -1.69. The number of amides is 2. The maximum absolute atomic E-state index is 13.5. The summed E-state index contributed by atoms with van der Waals surface area (Å²) in [7, 11) is 0. The molecule has 0 spiro atoms. The molecule has 22 heavy (non-hydrogen) atoms. The number of likely N-dealkylation sites (tertiary alicyclic amines) is 1. The Morgan fingerprint density at radius 2 is 2.05 bits per heavy atom. The summed E-state index contributed by atoms with van der Waals surface area (Å²) >= 11 is 0. The van der Waals surface area contributed by atoms with Crippen molar-refractivity contribution in [1.29, 1.82) is 0 Å². The summed E-state index contributed by atoms with van der Waals surface area (Å²) in [4.78, 5) is 13.9. The largest absolute Gasteiger partial charge is 0.396 e. The topological polar surface area (TPSA) is 52.6 Å².